The molecule has 3 rings (SSSR count). The molecule has 1 aromatic heterocycles. The van der Waals surface area contributed by atoms with Gasteiger partial charge in [-0.05, 0) is 43.2 Å². The number of carbonyl (C=O) groups excluding carboxylic acids is 1. The normalized spacial score (nSPS) is 11.0. The fraction of sp³-hybridized carbons (Fsp3) is 0.143. The zero-order valence-electron chi connectivity index (χ0n) is 14.8. The third kappa shape index (κ3) is 3.83. The van der Waals surface area contributed by atoms with E-state index in [1.165, 1.54) is 0 Å². The second-order valence-corrected chi connectivity index (χ2v) is 5.86. The van der Waals surface area contributed by atoms with E-state index in [2.05, 4.69) is 5.10 Å². The number of ether oxygens (including phenoxy) is 1. The van der Waals surface area contributed by atoms with Gasteiger partial charge in [0.15, 0.2) is 5.69 Å². The molecular formula is C21H21N3O2. The highest BCUT2D eigenvalue weighted by atomic mass is 16.5. The highest BCUT2D eigenvalue weighted by Crippen LogP contribution is 2.21. The minimum atomic E-state index is -0.403. The van der Waals surface area contributed by atoms with E-state index in [0.29, 0.717) is 18.0 Å². The van der Waals surface area contributed by atoms with Crippen LogP contribution in [0.1, 0.15) is 34.2 Å². The molecule has 0 fully saturated rings. The summed E-state index contributed by atoms with van der Waals surface area (Å²) in [6.07, 6.45) is 3.97. The van der Waals surface area contributed by atoms with Crippen molar-refractivity contribution in [3.63, 3.8) is 0 Å². The average molecular weight is 347 g/mol. The Morgan fingerprint density at radius 2 is 1.92 bits per heavy atom. The average Bonchev–Trinajstić information content (AvgIpc) is 3.04. The Morgan fingerprint density at radius 1 is 1.15 bits per heavy atom. The van der Waals surface area contributed by atoms with Gasteiger partial charge in [0, 0.05) is 5.69 Å². The van der Waals surface area contributed by atoms with Gasteiger partial charge in [0.05, 0.1) is 18.0 Å². The second kappa shape index (κ2) is 7.70. The largest absolute Gasteiger partial charge is 0.461 e. The zero-order valence-corrected chi connectivity index (χ0v) is 14.8. The van der Waals surface area contributed by atoms with Crippen LogP contribution < -0.4 is 5.73 Å². The Morgan fingerprint density at radius 3 is 2.62 bits per heavy atom. The highest BCUT2D eigenvalue weighted by molar-refractivity contribution is 5.88. The van der Waals surface area contributed by atoms with E-state index in [-0.39, 0.29) is 0 Å². The van der Waals surface area contributed by atoms with Gasteiger partial charge in [0.1, 0.15) is 0 Å². The second-order valence-electron chi connectivity index (χ2n) is 5.86. The number of anilines is 1. The maximum atomic E-state index is 12.1. The Labute approximate surface area is 152 Å². The molecule has 2 N–H and O–H groups in total. The van der Waals surface area contributed by atoms with E-state index < -0.39 is 5.97 Å². The molecular weight excluding hydrogens is 326 g/mol. The summed E-state index contributed by atoms with van der Waals surface area (Å²) in [5.41, 5.74) is 10.7. The molecule has 1 heterocycles. The number of hydrogen-bond acceptors (Lipinski definition) is 4. The van der Waals surface area contributed by atoms with Gasteiger partial charge in [0.25, 0.3) is 0 Å². The van der Waals surface area contributed by atoms with Crippen LogP contribution in [-0.2, 0) is 4.74 Å². The van der Waals surface area contributed by atoms with Crippen molar-refractivity contribution in [2.24, 2.45) is 0 Å². The predicted octanol–water partition coefficient (Wildman–Crippen LogP) is 4.11. The van der Waals surface area contributed by atoms with Crippen molar-refractivity contribution >= 4 is 23.8 Å². The first kappa shape index (κ1) is 17.5. The molecule has 3 aromatic rings. The summed E-state index contributed by atoms with van der Waals surface area (Å²) in [4.78, 5) is 12.1. The number of nitrogens with zero attached hydrogens (tertiary/aromatic N) is 2. The summed E-state index contributed by atoms with van der Waals surface area (Å²) in [7, 11) is 0. The lowest BCUT2D eigenvalue weighted by Gasteiger charge is -2.09. The van der Waals surface area contributed by atoms with Crippen LogP contribution in [-0.4, -0.2) is 22.4 Å². The molecule has 0 aliphatic carbocycles. The number of aromatic nitrogens is 2. The van der Waals surface area contributed by atoms with Crippen molar-refractivity contribution in [1.82, 2.24) is 9.78 Å². The minimum absolute atomic E-state index is 0.314. The smallest absolute Gasteiger partial charge is 0.357 e. The van der Waals surface area contributed by atoms with E-state index in [1.54, 1.807) is 23.7 Å². The molecule has 0 bridgehead atoms. The zero-order chi connectivity index (χ0) is 18.5. The van der Waals surface area contributed by atoms with Crippen molar-refractivity contribution in [2.75, 3.05) is 12.3 Å². The molecule has 0 saturated carbocycles. The van der Waals surface area contributed by atoms with Crippen LogP contribution >= 0.6 is 0 Å². The Bertz CT molecular complexity index is 943. The van der Waals surface area contributed by atoms with E-state index in [4.69, 9.17) is 10.5 Å². The van der Waals surface area contributed by atoms with Crippen LogP contribution in [0.2, 0.25) is 0 Å². The number of carbonyl (C=O) groups is 1. The van der Waals surface area contributed by atoms with Crippen LogP contribution in [0, 0.1) is 6.92 Å². The number of aryl methyl sites for hydroxylation is 1. The van der Waals surface area contributed by atoms with Crippen molar-refractivity contribution in [2.45, 2.75) is 13.8 Å². The summed E-state index contributed by atoms with van der Waals surface area (Å²) in [6, 6.07) is 17.3. The molecule has 26 heavy (non-hydrogen) atoms. The third-order valence-corrected chi connectivity index (χ3v) is 3.89. The number of benzene rings is 2. The molecule has 0 spiro atoms. The standard InChI is InChI=1S/C21H21N3O2/c1-3-26-21(25)20-13-15(2)23-24(20)18-12-11-17(19(22)14-18)10-9-16-7-5-4-6-8-16/h4-14H,3,22H2,1-2H3/b10-9+. The lowest BCUT2D eigenvalue weighted by Crippen LogP contribution is -2.12. The fourth-order valence-corrected chi connectivity index (χ4v) is 2.64. The van der Waals surface area contributed by atoms with Crippen molar-refractivity contribution in [1.29, 1.82) is 0 Å². The summed E-state index contributed by atoms with van der Waals surface area (Å²) >= 11 is 0. The highest BCUT2D eigenvalue weighted by Gasteiger charge is 2.16. The monoisotopic (exact) mass is 347 g/mol. The summed E-state index contributed by atoms with van der Waals surface area (Å²) < 4.78 is 6.67. The van der Waals surface area contributed by atoms with Gasteiger partial charge in [-0.1, -0.05) is 48.6 Å². The summed E-state index contributed by atoms with van der Waals surface area (Å²) in [6.45, 7) is 3.92. The SMILES string of the molecule is CCOC(=O)c1cc(C)nn1-c1ccc(/C=C/c2ccccc2)c(N)c1. The van der Waals surface area contributed by atoms with Crippen LogP contribution in [0.4, 0.5) is 5.69 Å². The van der Waals surface area contributed by atoms with Gasteiger partial charge >= 0.3 is 5.97 Å². The maximum Gasteiger partial charge on any atom is 0.357 e. The van der Waals surface area contributed by atoms with Gasteiger partial charge in [-0.25, -0.2) is 9.48 Å². The number of nitrogens with two attached hydrogens (primary N) is 1. The van der Waals surface area contributed by atoms with E-state index >= 15 is 0 Å². The first-order valence-electron chi connectivity index (χ1n) is 8.45. The van der Waals surface area contributed by atoms with Crippen LogP contribution in [0.25, 0.3) is 17.8 Å². The first-order chi connectivity index (χ1) is 12.6. The molecule has 2 aromatic carbocycles. The molecule has 0 aliphatic heterocycles. The summed E-state index contributed by atoms with van der Waals surface area (Å²) in [5, 5.41) is 4.39. The van der Waals surface area contributed by atoms with Crippen LogP contribution in [0.3, 0.4) is 0 Å². The molecule has 0 atom stereocenters. The van der Waals surface area contributed by atoms with Crippen molar-refractivity contribution < 1.29 is 9.53 Å². The Kier molecular flexibility index (Phi) is 5.17. The van der Waals surface area contributed by atoms with Crippen LogP contribution in [0.5, 0.6) is 0 Å². The predicted molar refractivity (Wildman–Crippen MR) is 104 cm³/mol. The fourth-order valence-electron chi connectivity index (χ4n) is 2.64. The quantitative estimate of drug-likeness (QED) is 0.428. The van der Waals surface area contributed by atoms with Crippen molar-refractivity contribution in [3.8, 4) is 5.69 Å². The molecule has 5 heteroatoms. The van der Waals surface area contributed by atoms with Crippen molar-refractivity contribution in [3.05, 3.63) is 77.1 Å². The van der Waals surface area contributed by atoms with E-state index in [9.17, 15) is 4.79 Å². The van der Waals surface area contributed by atoms with E-state index in [1.807, 2.05) is 61.5 Å². The Balaban J connectivity index is 1.91. The first-order valence-corrected chi connectivity index (χ1v) is 8.45. The van der Waals surface area contributed by atoms with Gasteiger partial charge < -0.3 is 10.5 Å². The molecule has 0 aliphatic rings. The molecule has 0 saturated heterocycles. The summed E-state index contributed by atoms with van der Waals surface area (Å²) in [5.74, 6) is -0.403. The number of nitrogen functional groups attached to an aromatic ring is 1. The minimum Gasteiger partial charge on any atom is -0.461 e. The molecule has 0 unspecified atom stereocenters. The third-order valence-electron chi connectivity index (χ3n) is 3.89. The van der Waals surface area contributed by atoms with Gasteiger partial charge in [-0.2, -0.15) is 5.10 Å². The Hall–Kier alpha value is -3.34. The lowest BCUT2D eigenvalue weighted by molar-refractivity contribution is 0.0515. The molecule has 0 amide bonds. The number of esters is 1. The van der Waals surface area contributed by atoms with Gasteiger partial charge in [-0.3, -0.25) is 0 Å². The van der Waals surface area contributed by atoms with E-state index in [0.717, 1.165) is 22.5 Å². The maximum absolute atomic E-state index is 12.1. The molecule has 5 nitrogen and oxygen atoms in total. The lowest BCUT2D eigenvalue weighted by atomic mass is 10.1. The topological polar surface area (TPSA) is 70.1 Å². The van der Waals surface area contributed by atoms with Gasteiger partial charge in [0.2, 0.25) is 0 Å². The van der Waals surface area contributed by atoms with Crippen LogP contribution in [0.15, 0.2) is 54.6 Å². The number of hydrogen-bond donors (Lipinski definition) is 1. The van der Waals surface area contributed by atoms with Gasteiger partial charge in [-0.15, -0.1) is 0 Å². The molecule has 132 valence electrons. The number of rotatable bonds is 5. The molecule has 0 radical (unpaired) electrons.